The van der Waals surface area contributed by atoms with Crippen LogP contribution in [0.3, 0.4) is 0 Å². The molecule has 25 heavy (non-hydrogen) atoms. The van der Waals surface area contributed by atoms with Crippen LogP contribution in [0.15, 0.2) is 4.99 Å². The van der Waals surface area contributed by atoms with E-state index in [-0.39, 0.29) is 24.0 Å². The SMILES string of the molecule is CN=C(NCc1c(C)nn(C)c1C)N1CCSC2(CCCCC2)C1.I. The minimum absolute atomic E-state index is 0. The van der Waals surface area contributed by atoms with Crippen molar-refractivity contribution in [1.29, 1.82) is 0 Å². The molecule has 1 saturated heterocycles. The van der Waals surface area contributed by atoms with Gasteiger partial charge in [-0.25, -0.2) is 0 Å². The van der Waals surface area contributed by atoms with E-state index in [2.05, 4.69) is 45.9 Å². The first kappa shape index (κ1) is 20.9. The maximum atomic E-state index is 4.57. The second kappa shape index (κ2) is 8.97. The molecule has 1 aromatic rings. The van der Waals surface area contributed by atoms with E-state index in [1.165, 1.54) is 49.1 Å². The van der Waals surface area contributed by atoms with Gasteiger partial charge in [0.2, 0.25) is 0 Å². The van der Waals surface area contributed by atoms with Crippen molar-refractivity contribution in [3.63, 3.8) is 0 Å². The first-order valence-corrected chi connectivity index (χ1v) is 10.1. The molecule has 3 rings (SSSR count). The van der Waals surface area contributed by atoms with Gasteiger partial charge in [0, 0.05) is 55.5 Å². The Bertz CT molecular complexity index is 601. The van der Waals surface area contributed by atoms with Gasteiger partial charge in [0.15, 0.2) is 5.96 Å². The van der Waals surface area contributed by atoms with Gasteiger partial charge in [0.1, 0.15) is 0 Å². The highest BCUT2D eigenvalue weighted by molar-refractivity contribution is 14.0. The van der Waals surface area contributed by atoms with E-state index >= 15 is 0 Å². The Morgan fingerprint density at radius 3 is 2.60 bits per heavy atom. The average Bonchev–Trinajstić information content (AvgIpc) is 2.82. The number of rotatable bonds is 2. The van der Waals surface area contributed by atoms with E-state index in [1.807, 2.05) is 18.8 Å². The standard InChI is InChI=1S/C18H31N5S.HI/c1-14-16(15(2)22(4)21-14)12-20-17(19-3)23-10-11-24-18(13-23)8-6-5-7-9-18;/h5-13H2,1-4H3,(H,19,20);1H. The Morgan fingerprint density at radius 2 is 2.00 bits per heavy atom. The van der Waals surface area contributed by atoms with E-state index in [4.69, 9.17) is 0 Å². The lowest BCUT2D eigenvalue weighted by Gasteiger charge is -2.45. The van der Waals surface area contributed by atoms with Gasteiger partial charge >= 0.3 is 0 Å². The van der Waals surface area contributed by atoms with Crippen LogP contribution in [0.2, 0.25) is 0 Å². The van der Waals surface area contributed by atoms with Gasteiger partial charge in [-0.15, -0.1) is 24.0 Å². The third-order valence-electron chi connectivity index (χ3n) is 5.61. The van der Waals surface area contributed by atoms with Crippen LogP contribution in [-0.2, 0) is 13.6 Å². The molecule has 0 bridgehead atoms. The van der Waals surface area contributed by atoms with E-state index in [0.29, 0.717) is 4.75 Å². The van der Waals surface area contributed by atoms with Crippen LogP contribution in [-0.4, -0.2) is 51.3 Å². The molecular formula is C18H32IN5S. The summed E-state index contributed by atoms with van der Waals surface area (Å²) in [6.07, 6.45) is 6.93. The Morgan fingerprint density at radius 1 is 1.28 bits per heavy atom. The number of nitrogens with zero attached hydrogens (tertiary/aromatic N) is 4. The molecule has 1 aromatic heterocycles. The predicted molar refractivity (Wildman–Crippen MR) is 118 cm³/mol. The maximum Gasteiger partial charge on any atom is 0.193 e. The Balaban J connectivity index is 0.00000225. The van der Waals surface area contributed by atoms with Gasteiger partial charge in [-0.2, -0.15) is 16.9 Å². The van der Waals surface area contributed by atoms with Crippen molar-refractivity contribution in [3.05, 3.63) is 17.0 Å². The van der Waals surface area contributed by atoms with Gasteiger partial charge in [-0.3, -0.25) is 9.67 Å². The van der Waals surface area contributed by atoms with Crippen LogP contribution < -0.4 is 5.32 Å². The quantitative estimate of drug-likeness (QED) is 0.403. The van der Waals surface area contributed by atoms with Crippen molar-refractivity contribution in [3.8, 4) is 0 Å². The van der Waals surface area contributed by atoms with Gasteiger partial charge in [0.05, 0.1) is 5.69 Å². The zero-order valence-electron chi connectivity index (χ0n) is 16.0. The fourth-order valence-electron chi connectivity index (χ4n) is 4.10. The highest BCUT2D eigenvalue weighted by atomic mass is 127. The van der Waals surface area contributed by atoms with E-state index in [0.717, 1.165) is 31.3 Å². The largest absolute Gasteiger partial charge is 0.352 e. The summed E-state index contributed by atoms with van der Waals surface area (Å²) in [7, 11) is 3.91. The number of thioether (sulfide) groups is 1. The third kappa shape index (κ3) is 4.64. The number of nitrogens with one attached hydrogen (secondary N) is 1. The smallest absolute Gasteiger partial charge is 0.193 e. The fourth-order valence-corrected chi connectivity index (χ4v) is 5.67. The first-order valence-electron chi connectivity index (χ1n) is 9.13. The summed E-state index contributed by atoms with van der Waals surface area (Å²) in [6.45, 7) is 7.25. The molecule has 1 aliphatic carbocycles. The molecule has 142 valence electrons. The number of aryl methyl sites for hydroxylation is 2. The van der Waals surface area contributed by atoms with Crippen molar-refractivity contribution in [1.82, 2.24) is 20.0 Å². The molecule has 2 fully saturated rings. The highest BCUT2D eigenvalue weighted by Gasteiger charge is 2.38. The van der Waals surface area contributed by atoms with E-state index in [1.54, 1.807) is 0 Å². The monoisotopic (exact) mass is 477 g/mol. The number of aliphatic imine (C=N–C) groups is 1. The molecule has 1 spiro atoms. The lowest BCUT2D eigenvalue weighted by atomic mass is 9.87. The molecule has 1 aliphatic heterocycles. The predicted octanol–water partition coefficient (Wildman–Crippen LogP) is 3.48. The topological polar surface area (TPSA) is 45.5 Å². The van der Waals surface area contributed by atoms with Crippen LogP contribution >= 0.6 is 35.7 Å². The lowest BCUT2D eigenvalue weighted by Crippen LogP contribution is -2.53. The molecule has 0 radical (unpaired) electrons. The molecule has 0 atom stereocenters. The summed E-state index contributed by atoms with van der Waals surface area (Å²) in [5.41, 5.74) is 3.63. The van der Waals surface area contributed by atoms with Crippen LogP contribution in [0.4, 0.5) is 0 Å². The summed E-state index contributed by atoms with van der Waals surface area (Å²) < 4.78 is 2.43. The van der Waals surface area contributed by atoms with Crippen LogP contribution in [0.25, 0.3) is 0 Å². The van der Waals surface area contributed by atoms with Crippen molar-refractivity contribution in [2.45, 2.75) is 57.2 Å². The van der Waals surface area contributed by atoms with Gasteiger partial charge in [0.25, 0.3) is 0 Å². The molecule has 2 heterocycles. The Hall–Kier alpha value is -0.440. The summed E-state index contributed by atoms with van der Waals surface area (Å²) in [5, 5.41) is 8.10. The molecule has 0 aromatic carbocycles. The summed E-state index contributed by atoms with van der Waals surface area (Å²) in [6, 6.07) is 0. The first-order chi connectivity index (χ1) is 11.5. The summed E-state index contributed by atoms with van der Waals surface area (Å²) in [4.78, 5) is 7.04. The summed E-state index contributed by atoms with van der Waals surface area (Å²) in [5.74, 6) is 2.26. The number of guanidine groups is 1. The highest BCUT2D eigenvalue weighted by Crippen LogP contribution is 2.42. The minimum atomic E-state index is 0. The number of hydrogen-bond acceptors (Lipinski definition) is 3. The van der Waals surface area contributed by atoms with Crippen LogP contribution in [0, 0.1) is 13.8 Å². The molecule has 0 amide bonds. The van der Waals surface area contributed by atoms with Crippen molar-refractivity contribution >= 4 is 41.7 Å². The number of halogens is 1. The molecular weight excluding hydrogens is 445 g/mol. The van der Waals surface area contributed by atoms with Crippen molar-refractivity contribution < 1.29 is 0 Å². The van der Waals surface area contributed by atoms with Crippen molar-refractivity contribution in [2.24, 2.45) is 12.0 Å². The Kier molecular flexibility index (Phi) is 7.49. The zero-order chi connectivity index (χ0) is 17.2. The molecule has 2 aliphatic rings. The van der Waals surface area contributed by atoms with Gasteiger partial charge in [-0.1, -0.05) is 19.3 Å². The second-order valence-corrected chi connectivity index (χ2v) is 8.75. The van der Waals surface area contributed by atoms with E-state index < -0.39 is 0 Å². The number of aromatic nitrogens is 2. The molecule has 7 heteroatoms. The fraction of sp³-hybridized carbons (Fsp3) is 0.778. The summed E-state index contributed by atoms with van der Waals surface area (Å²) >= 11 is 2.20. The molecule has 0 unspecified atom stereocenters. The Labute approximate surface area is 173 Å². The van der Waals surface area contributed by atoms with Crippen molar-refractivity contribution in [2.75, 3.05) is 25.9 Å². The molecule has 5 nitrogen and oxygen atoms in total. The second-order valence-electron chi connectivity index (χ2n) is 7.19. The van der Waals surface area contributed by atoms with Crippen LogP contribution in [0.5, 0.6) is 0 Å². The molecule has 1 saturated carbocycles. The van der Waals surface area contributed by atoms with Gasteiger partial charge < -0.3 is 10.2 Å². The normalized spacial score (nSPS) is 20.5. The molecule has 1 N–H and O–H groups in total. The third-order valence-corrected chi connectivity index (χ3v) is 7.14. The van der Waals surface area contributed by atoms with E-state index in [9.17, 15) is 0 Å². The average molecular weight is 477 g/mol. The minimum Gasteiger partial charge on any atom is -0.352 e. The number of hydrogen-bond donors (Lipinski definition) is 1. The zero-order valence-corrected chi connectivity index (χ0v) is 19.1. The van der Waals surface area contributed by atoms with Crippen LogP contribution in [0.1, 0.15) is 49.1 Å². The lowest BCUT2D eigenvalue weighted by molar-refractivity contribution is 0.293. The van der Waals surface area contributed by atoms with Gasteiger partial charge in [-0.05, 0) is 26.7 Å². The maximum absolute atomic E-state index is 4.57.